The summed E-state index contributed by atoms with van der Waals surface area (Å²) in [5, 5.41) is 11.6. The maximum absolute atomic E-state index is 13.6. The van der Waals surface area contributed by atoms with Crippen LogP contribution in [0.25, 0.3) is 5.82 Å². The molecule has 0 fully saturated rings. The van der Waals surface area contributed by atoms with E-state index >= 15 is 0 Å². The SMILES string of the molecule is O=C(NCCCCOc1ccc(F)cc1)c1cnn(-c2ccc(=O)[nH]n2)c1C(F)(F)F. The van der Waals surface area contributed by atoms with Crippen LogP contribution in [0.15, 0.2) is 47.4 Å². The first-order valence-corrected chi connectivity index (χ1v) is 9.13. The van der Waals surface area contributed by atoms with Gasteiger partial charge in [-0.25, -0.2) is 14.2 Å². The maximum Gasteiger partial charge on any atom is 0.434 e. The van der Waals surface area contributed by atoms with Crippen LogP contribution in [0.5, 0.6) is 5.75 Å². The van der Waals surface area contributed by atoms with Gasteiger partial charge in [0.15, 0.2) is 11.5 Å². The highest BCUT2D eigenvalue weighted by atomic mass is 19.4. The van der Waals surface area contributed by atoms with Gasteiger partial charge in [-0.2, -0.15) is 23.4 Å². The number of carbonyl (C=O) groups is 1. The number of H-pyrrole nitrogens is 1. The van der Waals surface area contributed by atoms with Crippen molar-refractivity contribution in [3.05, 3.63) is 70.0 Å². The van der Waals surface area contributed by atoms with E-state index in [1.807, 2.05) is 5.10 Å². The number of unbranched alkanes of at least 4 members (excludes halogenated alkanes) is 1. The smallest absolute Gasteiger partial charge is 0.434 e. The molecule has 0 aliphatic carbocycles. The third-order valence-corrected chi connectivity index (χ3v) is 4.10. The van der Waals surface area contributed by atoms with Gasteiger partial charge < -0.3 is 10.1 Å². The Hall–Kier alpha value is -3.70. The van der Waals surface area contributed by atoms with Gasteiger partial charge in [-0.15, -0.1) is 0 Å². The van der Waals surface area contributed by atoms with Crippen molar-refractivity contribution in [3.63, 3.8) is 0 Å². The number of amides is 1. The standard InChI is InChI=1S/C19H17F4N5O3/c20-12-3-5-13(6-4-12)31-10-2-1-9-24-18(30)14-11-25-28(17(14)19(21,22)23)15-7-8-16(29)27-26-15/h3-8,11H,1-2,9-10H2,(H,24,30)(H,27,29). The minimum Gasteiger partial charge on any atom is -0.494 e. The van der Waals surface area contributed by atoms with Crippen LogP contribution in [0.4, 0.5) is 17.6 Å². The highest BCUT2D eigenvalue weighted by molar-refractivity contribution is 5.95. The molecular formula is C19H17F4N5O3. The van der Waals surface area contributed by atoms with Gasteiger partial charge in [0.2, 0.25) is 0 Å². The second-order valence-corrected chi connectivity index (χ2v) is 6.36. The Labute approximate surface area is 172 Å². The minimum atomic E-state index is -4.88. The summed E-state index contributed by atoms with van der Waals surface area (Å²) in [5.41, 5.74) is -2.56. The number of hydrogen-bond donors (Lipinski definition) is 2. The summed E-state index contributed by atoms with van der Waals surface area (Å²) >= 11 is 0. The second-order valence-electron chi connectivity index (χ2n) is 6.36. The molecule has 12 heteroatoms. The number of halogens is 4. The molecule has 3 aromatic rings. The van der Waals surface area contributed by atoms with Crippen molar-refractivity contribution in [2.24, 2.45) is 0 Å². The third-order valence-electron chi connectivity index (χ3n) is 4.10. The number of aromatic amines is 1. The van der Waals surface area contributed by atoms with Crippen molar-refractivity contribution in [3.8, 4) is 11.6 Å². The fourth-order valence-corrected chi connectivity index (χ4v) is 2.66. The van der Waals surface area contributed by atoms with Crippen molar-refractivity contribution >= 4 is 5.91 Å². The van der Waals surface area contributed by atoms with Crippen molar-refractivity contribution < 1.29 is 27.1 Å². The van der Waals surface area contributed by atoms with Crippen LogP contribution in [-0.4, -0.2) is 39.0 Å². The molecule has 0 aliphatic heterocycles. The van der Waals surface area contributed by atoms with Crippen LogP contribution < -0.4 is 15.6 Å². The summed E-state index contributed by atoms with van der Waals surface area (Å²) < 4.78 is 59.4. The van der Waals surface area contributed by atoms with Crippen molar-refractivity contribution in [2.45, 2.75) is 19.0 Å². The Morgan fingerprint density at radius 2 is 1.87 bits per heavy atom. The summed E-state index contributed by atoms with van der Waals surface area (Å²) in [5.74, 6) is -1.12. The van der Waals surface area contributed by atoms with Crippen LogP contribution in [0.2, 0.25) is 0 Å². The largest absolute Gasteiger partial charge is 0.494 e. The van der Waals surface area contributed by atoms with Crippen LogP contribution >= 0.6 is 0 Å². The zero-order chi connectivity index (χ0) is 22.4. The lowest BCUT2D eigenvalue weighted by Gasteiger charge is -2.12. The van der Waals surface area contributed by atoms with Crippen molar-refractivity contribution in [2.75, 3.05) is 13.2 Å². The molecule has 0 atom stereocenters. The molecule has 1 amide bonds. The van der Waals surface area contributed by atoms with E-state index in [1.165, 1.54) is 24.3 Å². The molecule has 0 saturated carbocycles. The molecule has 2 heterocycles. The molecule has 0 unspecified atom stereocenters. The normalized spacial score (nSPS) is 11.4. The molecule has 3 rings (SSSR count). The summed E-state index contributed by atoms with van der Waals surface area (Å²) in [6.45, 7) is 0.413. The highest BCUT2D eigenvalue weighted by Gasteiger charge is 2.40. The van der Waals surface area contributed by atoms with Gasteiger partial charge in [-0.1, -0.05) is 0 Å². The van der Waals surface area contributed by atoms with Crippen LogP contribution in [0.3, 0.4) is 0 Å². The van der Waals surface area contributed by atoms with Crippen LogP contribution in [-0.2, 0) is 6.18 Å². The summed E-state index contributed by atoms with van der Waals surface area (Å²) in [6, 6.07) is 7.53. The Balaban J connectivity index is 1.58. The van der Waals surface area contributed by atoms with Gasteiger partial charge >= 0.3 is 6.18 Å². The van der Waals surface area contributed by atoms with E-state index in [1.54, 1.807) is 0 Å². The van der Waals surface area contributed by atoms with E-state index < -0.39 is 28.9 Å². The first-order valence-electron chi connectivity index (χ1n) is 9.13. The van der Waals surface area contributed by atoms with E-state index in [9.17, 15) is 27.2 Å². The predicted molar refractivity (Wildman–Crippen MR) is 100 cm³/mol. The molecule has 0 spiro atoms. The van der Waals surface area contributed by atoms with Crippen LogP contribution in [0, 0.1) is 5.82 Å². The summed E-state index contributed by atoms with van der Waals surface area (Å²) in [4.78, 5) is 23.4. The Kier molecular flexibility index (Phi) is 6.68. The Morgan fingerprint density at radius 1 is 1.13 bits per heavy atom. The van der Waals surface area contributed by atoms with Gasteiger partial charge in [0.1, 0.15) is 11.6 Å². The molecule has 31 heavy (non-hydrogen) atoms. The number of carbonyl (C=O) groups excluding carboxylic acids is 1. The number of rotatable bonds is 8. The van der Waals surface area contributed by atoms with Gasteiger partial charge in [0.05, 0.1) is 18.4 Å². The zero-order valence-electron chi connectivity index (χ0n) is 15.9. The molecule has 8 nitrogen and oxygen atoms in total. The van der Waals surface area contributed by atoms with E-state index in [4.69, 9.17) is 4.74 Å². The lowest BCUT2D eigenvalue weighted by atomic mass is 10.2. The first-order chi connectivity index (χ1) is 14.8. The second kappa shape index (κ2) is 9.41. The molecule has 164 valence electrons. The lowest BCUT2D eigenvalue weighted by Crippen LogP contribution is -2.28. The predicted octanol–water partition coefficient (Wildman–Crippen LogP) is 2.70. The molecule has 1 aromatic carbocycles. The molecule has 0 saturated heterocycles. The van der Waals surface area contributed by atoms with E-state index in [2.05, 4.69) is 15.5 Å². The highest BCUT2D eigenvalue weighted by Crippen LogP contribution is 2.33. The number of aromatic nitrogens is 4. The lowest BCUT2D eigenvalue weighted by molar-refractivity contribution is -0.143. The number of hydrogen-bond acceptors (Lipinski definition) is 5. The molecule has 0 radical (unpaired) electrons. The number of ether oxygens (including phenoxy) is 1. The number of nitrogens with zero attached hydrogens (tertiary/aromatic N) is 3. The Bertz CT molecular complexity index is 1070. The molecule has 0 bridgehead atoms. The van der Waals surface area contributed by atoms with Gasteiger partial charge in [0.25, 0.3) is 11.5 Å². The van der Waals surface area contributed by atoms with Crippen molar-refractivity contribution in [1.82, 2.24) is 25.3 Å². The average Bonchev–Trinajstić information content (AvgIpc) is 3.18. The molecule has 0 aliphatic rings. The van der Waals surface area contributed by atoms with Gasteiger partial charge in [-0.3, -0.25) is 9.59 Å². The minimum absolute atomic E-state index is 0.116. The zero-order valence-corrected chi connectivity index (χ0v) is 15.9. The molecular weight excluding hydrogens is 422 g/mol. The monoisotopic (exact) mass is 439 g/mol. The molecule has 2 aromatic heterocycles. The van der Waals surface area contributed by atoms with Gasteiger partial charge in [-0.05, 0) is 43.2 Å². The fraction of sp³-hybridized carbons (Fsp3) is 0.263. The number of benzene rings is 1. The molecule has 2 N–H and O–H groups in total. The first kappa shape index (κ1) is 22.0. The van der Waals surface area contributed by atoms with Crippen LogP contribution in [0.1, 0.15) is 28.9 Å². The maximum atomic E-state index is 13.6. The third kappa shape index (κ3) is 5.68. The van der Waals surface area contributed by atoms with E-state index in [0.717, 1.165) is 18.3 Å². The topological polar surface area (TPSA) is 102 Å². The fourth-order valence-electron chi connectivity index (χ4n) is 2.66. The summed E-state index contributed by atoms with van der Waals surface area (Å²) in [7, 11) is 0. The number of alkyl halides is 3. The van der Waals surface area contributed by atoms with Crippen molar-refractivity contribution in [1.29, 1.82) is 0 Å². The average molecular weight is 439 g/mol. The van der Waals surface area contributed by atoms with Gasteiger partial charge in [0, 0.05) is 12.6 Å². The Morgan fingerprint density at radius 3 is 2.52 bits per heavy atom. The van der Waals surface area contributed by atoms with E-state index in [-0.39, 0.29) is 18.2 Å². The van der Waals surface area contributed by atoms with E-state index in [0.29, 0.717) is 29.9 Å². The number of nitrogens with one attached hydrogen (secondary N) is 2. The quantitative estimate of drug-likeness (QED) is 0.415. The summed E-state index contributed by atoms with van der Waals surface area (Å²) in [6.07, 6.45) is -3.12.